The van der Waals surface area contributed by atoms with Gasteiger partial charge in [-0.15, -0.1) is 0 Å². The van der Waals surface area contributed by atoms with Crippen molar-refractivity contribution in [1.29, 1.82) is 0 Å². The standard InChI is InChI=1S/C18H26BrNO/c1-3-13-5-4-9-18(10-8-13)12-16(20-2)15-11-14(19)6-7-17(15)21-18/h6-7,11,13,16,20H,3-5,8-10,12H2,1-2H3. The molecule has 0 saturated heterocycles. The van der Waals surface area contributed by atoms with E-state index in [-0.39, 0.29) is 5.60 Å². The van der Waals surface area contributed by atoms with E-state index in [1.807, 2.05) is 0 Å². The predicted octanol–water partition coefficient (Wildman–Crippen LogP) is 5.22. The Labute approximate surface area is 136 Å². The Morgan fingerprint density at radius 2 is 2.19 bits per heavy atom. The third-order valence-electron chi connectivity index (χ3n) is 5.43. The lowest BCUT2D eigenvalue weighted by molar-refractivity contribution is 0.0162. The van der Waals surface area contributed by atoms with Gasteiger partial charge in [0.2, 0.25) is 0 Å². The third-order valence-corrected chi connectivity index (χ3v) is 5.92. The molecule has 1 spiro atoms. The summed E-state index contributed by atoms with van der Waals surface area (Å²) in [5.41, 5.74) is 1.35. The summed E-state index contributed by atoms with van der Waals surface area (Å²) in [7, 11) is 2.07. The van der Waals surface area contributed by atoms with Crippen LogP contribution in [0.3, 0.4) is 0 Å². The molecule has 0 radical (unpaired) electrons. The molecule has 21 heavy (non-hydrogen) atoms. The molecule has 1 heterocycles. The third kappa shape index (κ3) is 3.14. The first-order chi connectivity index (χ1) is 10.2. The molecule has 1 aromatic rings. The van der Waals surface area contributed by atoms with Gasteiger partial charge in [-0.1, -0.05) is 35.7 Å². The molecule has 1 aliphatic heterocycles. The molecule has 1 saturated carbocycles. The van der Waals surface area contributed by atoms with E-state index >= 15 is 0 Å². The Morgan fingerprint density at radius 3 is 2.95 bits per heavy atom. The first-order valence-electron chi connectivity index (χ1n) is 8.31. The van der Waals surface area contributed by atoms with Crippen LogP contribution in [0.15, 0.2) is 22.7 Å². The Hall–Kier alpha value is -0.540. The van der Waals surface area contributed by atoms with E-state index in [1.54, 1.807) is 0 Å². The Balaban J connectivity index is 1.87. The van der Waals surface area contributed by atoms with E-state index in [2.05, 4.69) is 53.4 Å². The zero-order valence-electron chi connectivity index (χ0n) is 13.1. The summed E-state index contributed by atoms with van der Waals surface area (Å²) in [6.45, 7) is 2.33. The molecular formula is C18H26BrNO. The molecular weight excluding hydrogens is 326 g/mol. The normalized spacial score (nSPS) is 32.3. The van der Waals surface area contributed by atoms with Crippen molar-refractivity contribution in [3.63, 3.8) is 0 Å². The minimum atomic E-state index is 0.0540. The fourth-order valence-corrected chi connectivity index (χ4v) is 4.44. The van der Waals surface area contributed by atoms with E-state index in [9.17, 15) is 0 Å². The number of hydrogen-bond acceptors (Lipinski definition) is 2. The van der Waals surface area contributed by atoms with Crippen LogP contribution in [0.2, 0.25) is 0 Å². The second-order valence-corrected chi connectivity index (χ2v) is 7.63. The molecule has 2 aliphatic rings. The van der Waals surface area contributed by atoms with Gasteiger partial charge in [0.15, 0.2) is 0 Å². The number of hydrogen-bond donors (Lipinski definition) is 1. The van der Waals surface area contributed by atoms with Gasteiger partial charge in [0.1, 0.15) is 11.4 Å². The van der Waals surface area contributed by atoms with Crippen LogP contribution in [0.25, 0.3) is 0 Å². The first-order valence-corrected chi connectivity index (χ1v) is 9.11. The van der Waals surface area contributed by atoms with Crippen molar-refractivity contribution in [2.75, 3.05) is 7.05 Å². The quantitative estimate of drug-likeness (QED) is 0.788. The van der Waals surface area contributed by atoms with Gasteiger partial charge in [-0.3, -0.25) is 0 Å². The van der Waals surface area contributed by atoms with Gasteiger partial charge in [0.25, 0.3) is 0 Å². The lowest BCUT2D eigenvalue weighted by atomic mass is 9.82. The van der Waals surface area contributed by atoms with E-state index in [4.69, 9.17) is 4.74 Å². The molecule has 3 rings (SSSR count). The van der Waals surface area contributed by atoms with Crippen LogP contribution in [0.4, 0.5) is 0 Å². The smallest absolute Gasteiger partial charge is 0.125 e. The van der Waals surface area contributed by atoms with Gasteiger partial charge in [0.05, 0.1) is 0 Å². The maximum absolute atomic E-state index is 6.56. The number of nitrogens with one attached hydrogen (secondary N) is 1. The highest BCUT2D eigenvalue weighted by Gasteiger charge is 2.41. The van der Waals surface area contributed by atoms with E-state index in [1.165, 1.54) is 44.1 Å². The van der Waals surface area contributed by atoms with Crippen molar-refractivity contribution in [3.8, 4) is 5.75 Å². The Bertz CT molecular complexity index is 504. The summed E-state index contributed by atoms with van der Waals surface area (Å²) in [6.07, 6.45) is 8.83. The van der Waals surface area contributed by atoms with E-state index in [0.29, 0.717) is 6.04 Å². The largest absolute Gasteiger partial charge is 0.487 e. The maximum atomic E-state index is 6.56. The monoisotopic (exact) mass is 351 g/mol. The molecule has 0 amide bonds. The molecule has 3 heteroatoms. The molecule has 1 aromatic carbocycles. The van der Waals surface area contributed by atoms with Gasteiger partial charge >= 0.3 is 0 Å². The van der Waals surface area contributed by atoms with Crippen molar-refractivity contribution in [2.24, 2.45) is 5.92 Å². The minimum Gasteiger partial charge on any atom is -0.487 e. The molecule has 0 bridgehead atoms. The Morgan fingerprint density at radius 1 is 1.33 bits per heavy atom. The summed E-state index contributed by atoms with van der Waals surface area (Å²) < 4.78 is 7.69. The number of fused-ring (bicyclic) bond motifs is 1. The molecule has 3 atom stereocenters. The highest BCUT2D eigenvalue weighted by molar-refractivity contribution is 9.10. The summed E-state index contributed by atoms with van der Waals surface area (Å²) in [5, 5.41) is 3.50. The van der Waals surface area contributed by atoms with Crippen LogP contribution in [-0.4, -0.2) is 12.6 Å². The number of rotatable bonds is 2. The minimum absolute atomic E-state index is 0.0540. The molecule has 2 nitrogen and oxygen atoms in total. The molecule has 1 fully saturated rings. The van der Waals surface area contributed by atoms with Crippen LogP contribution in [0, 0.1) is 5.92 Å². The lowest BCUT2D eigenvalue weighted by Crippen LogP contribution is -2.43. The van der Waals surface area contributed by atoms with E-state index in [0.717, 1.165) is 22.6 Å². The number of ether oxygens (including phenoxy) is 1. The summed E-state index contributed by atoms with van der Waals surface area (Å²) in [6, 6.07) is 6.84. The lowest BCUT2D eigenvalue weighted by Gasteiger charge is -2.42. The van der Waals surface area contributed by atoms with Crippen molar-refractivity contribution in [1.82, 2.24) is 5.32 Å². The molecule has 1 aliphatic carbocycles. The van der Waals surface area contributed by atoms with Gasteiger partial charge in [0, 0.05) is 22.5 Å². The highest BCUT2D eigenvalue weighted by Crippen LogP contribution is 2.46. The van der Waals surface area contributed by atoms with Gasteiger partial charge in [-0.2, -0.15) is 0 Å². The van der Waals surface area contributed by atoms with E-state index < -0.39 is 0 Å². The molecule has 3 unspecified atom stereocenters. The topological polar surface area (TPSA) is 21.3 Å². The Kier molecular flexibility index (Phi) is 4.60. The van der Waals surface area contributed by atoms with Crippen LogP contribution in [0.1, 0.15) is 63.5 Å². The second kappa shape index (κ2) is 6.29. The fourth-order valence-electron chi connectivity index (χ4n) is 4.06. The first kappa shape index (κ1) is 15.4. The number of halogens is 1. The van der Waals surface area contributed by atoms with Crippen molar-refractivity contribution >= 4 is 15.9 Å². The molecule has 0 aromatic heterocycles. The summed E-state index contributed by atoms with van der Waals surface area (Å²) in [4.78, 5) is 0. The second-order valence-electron chi connectivity index (χ2n) is 6.72. The van der Waals surface area contributed by atoms with Crippen LogP contribution in [0.5, 0.6) is 5.75 Å². The zero-order valence-corrected chi connectivity index (χ0v) is 14.7. The fraction of sp³-hybridized carbons (Fsp3) is 0.667. The summed E-state index contributed by atoms with van der Waals surface area (Å²) in [5.74, 6) is 1.98. The van der Waals surface area contributed by atoms with Crippen LogP contribution >= 0.6 is 15.9 Å². The average molecular weight is 352 g/mol. The average Bonchev–Trinajstić information content (AvgIpc) is 2.69. The maximum Gasteiger partial charge on any atom is 0.125 e. The zero-order chi connectivity index (χ0) is 14.9. The van der Waals surface area contributed by atoms with Gasteiger partial charge in [-0.25, -0.2) is 0 Å². The SMILES string of the molecule is CCC1CCCC2(CC1)CC(NC)c1cc(Br)ccc1O2. The van der Waals surface area contributed by atoms with Crippen LogP contribution in [-0.2, 0) is 0 Å². The predicted molar refractivity (Wildman–Crippen MR) is 90.8 cm³/mol. The van der Waals surface area contributed by atoms with Crippen molar-refractivity contribution in [3.05, 3.63) is 28.2 Å². The van der Waals surface area contributed by atoms with Gasteiger partial charge < -0.3 is 10.1 Å². The number of benzene rings is 1. The van der Waals surface area contributed by atoms with Gasteiger partial charge in [-0.05, 0) is 56.8 Å². The summed E-state index contributed by atoms with van der Waals surface area (Å²) >= 11 is 3.58. The van der Waals surface area contributed by atoms with Crippen LogP contribution < -0.4 is 10.1 Å². The van der Waals surface area contributed by atoms with Crippen molar-refractivity contribution < 1.29 is 4.74 Å². The molecule has 1 N–H and O–H groups in total. The van der Waals surface area contributed by atoms with Crippen molar-refractivity contribution in [2.45, 2.75) is 63.5 Å². The molecule has 116 valence electrons. The highest BCUT2D eigenvalue weighted by atomic mass is 79.9.